The molecule has 0 saturated heterocycles. The van der Waals surface area contributed by atoms with Crippen molar-refractivity contribution < 1.29 is 19.1 Å². The lowest BCUT2D eigenvalue weighted by molar-refractivity contribution is -0.139. The molecule has 1 rings (SSSR count). The van der Waals surface area contributed by atoms with Gasteiger partial charge in [-0.25, -0.2) is 9.59 Å². The van der Waals surface area contributed by atoms with Crippen LogP contribution in [0.25, 0.3) is 0 Å². The average Bonchev–Trinajstić information content (AvgIpc) is 2.61. The van der Waals surface area contributed by atoms with Crippen LogP contribution in [-0.4, -0.2) is 48.2 Å². The van der Waals surface area contributed by atoms with Crippen molar-refractivity contribution in [2.45, 2.75) is 39.5 Å². The van der Waals surface area contributed by atoms with E-state index in [1.165, 1.54) is 25.7 Å². The van der Waals surface area contributed by atoms with Gasteiger partial charge in [-0.05, 0) is 62.9 Å². The number of ether oxygens (including phenoxy) is 2. The summed E-state index contributed by atoms with van der Waals surface area (Å²) in [6.45, 7) is 11.4. The van der Waals surface area contributed by atoms with E-state index in [4.69, 9.17) is 9.47 Å². The molecule has 1 saturated carbocycles. The number of rotatable bonds is 12. The monoisotopic (exact) mass is 400 g/mol. The second-order valence-electron chi connectivity index (χ2n) is 6.87. The fraction of sp³-hybridized carbons (Fsp3) is 0.700. The van der Waals surface area contributed by atoms with Gasteiger partial charge < -0.3 is 9.47 Å². The van der Waals surface area contributed by atoms with Gasteiger partial charge in [0.1, 0.15) is 13.2 Å². The highest BCUT2D eigenvalue weighted by atomic mass is 32.2. The van der Waals surface area contributed by atoms with Crippen molar-refractivity contribution in [2.24, 2.45) is 11.8 Å². The molecule has 4 nitrogen and oxygen atoms in total. The zero-order valence-corrected chi connectivity index (χ0v) is 17.7. The zero-order valence-electron chi connectivity index (χ0n) is 16.1. The summed E-state index contributed by atoms with van der Waals surface area (Å²) in [6.07, 6.45) is 5.14. The molecule has 0 unspecified atom stereocenters. The Hall–Kier alpha value is -0.880. The van der Waals surface area contributed by atoms with E-state index in [1.807, 2.05) is 23.5 Å². The predicted octanol–water partition coefficient (Wildman–Crippen LogP) is 4.50. The van der Waals surface area contributed by atoms with Crippen molar-refractivity contribution in [1.82, 2.24) is 0 Å². The van der Waals surface area contributed by atoms with Gasteiger partial charge in [-0.3, -0.25) is 0 Å². The molecular formula is C20H32O4S2. The van der Waals surface area contributed by atoms with Gasteiger partial charge in [-0.15, -0.1) is 0 Å². The van der Waals surface area contributed by atoms with Crippen LogP contribution in [0.1, 0.15) is 39.5 Å². The van der Waals surface area contributed by atoms with E-state index in [1.54, 1.807) is 13.8 Å². The number of esters is 2. The van der Waals surface area contributed by atoms with Crippen molar-refractivity contribution in [2.75, 3.05) is 36.2 Å². The van der Waals surface area contributed by atoms with Crippen LogP contribution in [0.3, 0.4) is 0 Å². The highest BCUT2D eigenvalue weighted by Crippen LogP contribution is 2.32. The van der Waals surface area contributed by atoms with Gasteiger partial charge in [-0.1, -0.05) is 13.2 Å². The maximum Gasteiger partial charge on any atom is 0.333 e. The van der Waals surface area contributed by atoms with Crippen LogP contribution < -0.4 is 0 Å². The van der Waals surface area contributed by atoms with Crippen LogP contribution in [0.15, 0.2) is 24.3 Å². The van der Waals surface area contributed by atoms with E-state index in [2.05, 4.69) is 13.2 Å². The van der Waals surface area contributed by atoms with Crippen LogP contribution in [0.4, 0.5) is 0 Å². The van der Waals surface area contributed by atoms with Gasteiger partial charge in [0, 0.05) is 22.7 Å². The quantitative estimate of drug-likeness (QED) is 0.273. The van der Waals surface area contributed by atoms with Gasteiger partial charge in [0.2, 0.25) is 0 Å². The normalized spacial score (nSPS) is 19.6. The van der Waals surface area contributed by atoms with Crippen LogP contribution in [0, 0.1) is 11.8 Å². The van der Waals surface area contributed by atoms with Crippen LogP contribution in [0.2, 0.25) is 0 Å². The molecule has 0 heterocycles. The zero-order chi connectivity index (χ0) is 19.4. The Bertz CT molecular complexity index is 438. The van der Waals surface area contributed by atoms with Gasteiger partial charge >= 0.3 is 11.9 Å². The third kappa shape index (κ3) is 10.3. The number of hydrogen-bond acceptors (Lipinski definition) is 6. The average molecular weight is 401 g/mol. The Balaban J connectivity index is 1.98. The lowest BCUT2D eigenvalue weighted by Crippen LogP contribution is -2.18. The second kappa shape index (κ2) is 13.3. The van der Waals surface area contributed by atoms with Crippen molar-refractivity contribution in [1.29, 1.82) is 0 Å². The number of carbonyl (C=O) groups excluding carboxylic acids is 2. The summed E-state index contributed by atoms with van der Waals surface area (Å²) in [7, 11) is 0. The molecule has 6 heteroatoms. The third-order valence-electron chi connectivity index (χ3n) is 4.29. The van der Waals surface area contributed by atoms with Gasteiger partial charge in [0.15, 0.2) is 0 Å². The molecule has 0 spiro atoms. The molecule has 1 aliphatic carbocycles. The number of hydrogen-bond donors (Lipinski definition) is 0. The number of thioether (sulfide) groups is 2. The van der Waals surface area contributed by atoms with E-state index in [-0.39, 0.29) is 11.9 Å². The minimum Gasteiger partial charge on any atom is -0.461 e. The van der Waals surface area contributed by atoms with Crippen molar-refractivity contribution in [3.05, 3.63) is 24.3 Å². The Morgan fingerprint density at radius 1 is 0.808 bits per heavy atom. The van der Waals surface area contributed by atoms with E-state index >= 15 is 0 Å². The maximum atomic E-state index is 11.3. The summed E-state index contributed by atoms with van der Waals surface area (Å²) >= 11 is 3.75. The fourth-order valence-electron chi connectivity index (χ4n) is 2.70. The van der Waals surface area contributed by atoms with Gasteiger partial charge in [0.05, 0.1) is 0 Å². The second-order valence-corrected chi connectivity index (χ2v) is 9.17. The lowest BCUT2D eigenvalue weighted by Gasteiger charge is -2.28. The fourth-order valence-corrected chi connectivity index (χ4v) is 4.77. The van der Waals surface area contributed by atoms with Gasteiger partial charge in [-0.2, -0.15) is 23.5 Å². The molecule has 0 aliphatic heterocycles. The Morgan fingerprint density at radius 2 is 1.15 bits per heavy atom. The standard InChI is InChI=1S/C20H32O4S2/c1-15(2)19(21)23-9-11-25-13-17-5-7-18(8-6-17)14-26-12-10-24-20(22)16(3)4/h17-18H,1,3,5-14H2,2,4H3. The third-order valence-corrected chi connectivity index (χ3v) is 6.62. The molecular weight excluding hydrogens is 368 g/mol. The van der Waals surface area contributed by atoms with Crippen LogP contribution in [0.5, 0.6) is 0 Å². The lowest BCUT2D eigenvalue weighted by atomic mass is 9.84. The topological polar surface area (TPSA) is 52.6 Å². The smallest absolute Gasteiger partial charge is 0.333 e. The Labute approximate surface area is 166 Å². The summed E-state index contributed by atoms with van der Waals surface area (Å²) in [5, 5.41) is 0. The summed E-state index contributed by atoms with van der Waals surface area (Å²) in [6, 6.07) is 0. The Kier molecular flexibility index (Phi) is 11.9. The van der Waals surface area contributed by atoms with Crippen molar-refractivity contribution in [3.8, 4) is 0 Å². The summed E-state index contributed by atoms with van der Waals surface area (Å²) in [5.74, 6) is 5.01. The van der Waals surface area contributed by atoms with E-state index < -0.39 is 0 Å². The predicted molar refractivity (Wildman–Crippen MR) is 112 cm³/mol. The molecule has 0 amide bonds. The molecule has 148 valence electrons. The first-order valence-electron chi connectivity index (χ1n) is 9.21. The summed E-state index contributed by atoms with van der Waals surface area (Å²) in [5.41, 5.74) is 0.917. The molecule has 1 fully saturated rings. The minimum atomic E-state index is -0.294. The number of carbonyl (C=O) groups is 2. The van der Waals surface area contributed by atoms with E-state index in [0.717, 1.165) is 34.8 Å². The molecule has 0 N–H and O–H groups in total. The highest BCUT2D eigenvalue weighted by molar-refractivity contribution is 7.99. The SMILES string of the molecule is C=C(C)C(=O)OCCSCC1CCC(CSCCOC(=O)C(=C)C)CC1. The molecule has 0 aromatic heterocycles. The molecule has 1 aliphatic rings. The Morgan fingerprint density at radius 3 is 1.46 bits per heavy atom. The summed E-state index contributed by atoms with van der Waals surface area (Å²) < 4.78 is 10.2. The molecule has 0 aromatic carbocycles. The maximum absolute atomic E-state index is 11.3. The van der Waals surface area contributed by atoms with Gasteiger partial charge in [0.25, 0.3) is 0 Å². The van der Waals surface area contributed by atoms with Crippen LogP contribution >= 0.6 is 23.5 Å². The van der Waals surface area contributed by atoms with E-state index in [0.29, 0.717) is 24.4 Å². The molecule has 0 aromatic rings. The molecule has 0 radical (unpaired) electrons. The van der Waals surface area contributed by atoms with Crippen molar-refractivity contribution in [3.63, 3.8) is 0 Å². The van der Waals surface area contributed by atoms with Crippen LogP contribution in [-0.2, 0) is 19.1 Å². The van der Waals surface area contributed by atoms with E-state index in [9.17, 15) is 9.59 Å². The first-order chi connectivity index (χ1) is 12.4. The van der Waals surface area contributed by atoms with Crippen molar-refractivity contribution >= 4 is 35.5 Å². The molecule has 0 atom stereocenters. The first-order valence-corrected chi connectivity index (χ1v) is 11.5. The minimum absolute atomic E-state index is 0.294. The molecule has 26 heavy (non-hydrogen) atoms. The summed E-state index contributed by atoms with van der Waals surface area (Å²) in [4.78, 5) is 22.5. The largest absolute Gasteiger partial charge is 0.461 e. The molecule has 0 bridgehead atoms. The highest BCUT2D eigenvalue weighted by Gasteiger charge is 2.21. The first kappa shape index (κ1) is 23.2.